The van der Waals surface area contributed by atoms with Gasteiger partial charge in [-0.15, -0.1) is 0 Å². The van der Waals surface area contributed by atoms with Crippen molar-refractivity contribution in [3.05, 3.63) is 88.2 Å². The van der Waals surface area contributed by atoms with Crippen LogP contribution in [-0.2, 0) is 31.0 Å². The van der Waals surface area contributed by atoms with Gasteiger partial charge in [0.25, 0.3) is 5.91 Å². The molecule has 2 heterocycles. The number of hydrogen-bond donors (Lipinski definition) is 9. The van der Waals surface area contributed by atoms with E-state index < -0.39 is 59.7 Å². The van der Waals surface area contributed by atoms with Crippen LogP contribution in [0, 0.1) is 25.2 Å². The summed E-state index contributed by atoms with van der Waals surface area (Å²) < 4.78 is 12.3. The normalized spacial score (nSPS) is 16.3. The third-order valence-corrected chi connectivity index (χ3v) is 11.5. The Bertz CT molecular complexity index is 2620. The Morgan fingerprint density at radius 3 is 2.16 bits per heavy atom. The van der Waals surface area contributed by atoms with Crippen LogP contribution in [0.3, 0.4) is 0 Å². The molecule has 70 heavy (non-hydrogen) atoms. The van der Waals surface area contributed by atoms with E-state index in [-0.39, 0.29) is 91.5 Å². The number of nitriles is 1. The summed E-state index contributed by atoms with van der Waals surface area (Å²) in [7, 11) is 1.33. The topological polar surface area (TPSA) is 338 Å². The minimum atomic E-state index is -1.61. The molecule has 0 spiro atoms. The molecule has 21 heteroatoms. The monoisotopic (exact) mass is 961 g/mol. The molecule has 0 aliphatic carbocycles. The Hall–Kier alpha value is -7.67. The lowest BCUT2D eigenvalue weighted by molar-refractivity contribution is -0.141. The summed E-state index contributed by atoms with van der Waals surface area (Å²) in [5.74, 6) is -3.02. The van der Waals surface area contributed by atoms with E-state index in [0.29, 0.717) is 28.3 Å². The van der Waals surface area contributed by atoms with E-state index in [0.717, 1.165) is 16.0 Å². The Balaban J connectivity index is 1.66. The highest BCUT2D eigenvalue weighted by Crippen LogP contribution is 2.44. The average Bonchev–Trinajstić information content (AvgIpc) is 3.30. The molecule has 7 amide bonds. The quantitative estimate of drug-likeness (QED) is 0.0723. The standard InChI is InChI=1S/C49H63N13O8/c1-26-39(27(2)57-42(56-26)30-9-11-32(12-10-30)49(4,5)6)45(65)59-35(14-15-50)47(67)62(7)40-31-24-34(41(70-21-18-53)36(25-31)61-48(54)68)33-22-29(8-13-38(33)69-20-17-52)23-37(44(64)55-19-16-51)60-43(63)28(3)58-46(40)66/h8-13,22,24-25,28,35,37,40H,14-15,17-21,23,50,52-53H2,1-7H3,(H,55,64)(H,58,66)(H,59,65)(H,60,63)(H3,54,61,68)/t28-,35?,37-,40-/m0/s1. The van der Waals surface area contributed by atoms with E-state index in [4.69, 9.17) is 32.4 Å². The molecule has 5 rings (SSSR count). The Morgan fingerprint density at radius 1 is 0.900 bits per heavy atom. The highest BCUT2D eigenvalue weighted by Gasteiger charge is 2.37. The van der Waals surface area contributed by atoms with E-state index in [2.05, 4.69) is 57.3 Å². The third-order valence-electron chi connectivity index (χ3n) is 11.5. The zero-order valence-electron chi connectivity index (χ0n) is 40.5. The smallest absolute Gasteiger partial charge is 0.316 e. The molecule has 21 nitrogen and oxygen atoms in total. The van der Waals surface area contributed by atoms with Gasteiger partial charge in [-0.1, -0.05) is 51.1 Å². The molecule has 1 aliphatic heterocycles. The van der Waals surface area contributed by atoms with E-state index >= 15 is 0 Å². The number of primary amides is 1. The van der Waals surface area contributed by atoms with Crippen molar-refractivity contribution in [1.29, 1.82) is 5.26 Å². The summed E-state index contributed by atoms with van der Waals surface area (Å²) in [5, 5.41) is 22.4. The molecule has 3 aromatic carbocycles. The number of carbonyl (C=O) groups is 6. The lowest BCUT2D eigenvalue weighted by atomic mass is 9.86. The molecular weight excluding hydrogens is 899 g/mol. The van der Waals surface area contributed by atoms with Crippen LogP contribution >= 0.6 is 0 Å². The fourth-order valence-electron chi connectivity index (χ4n) is 7.98. The zero-order valence-corrected chi connectivity index (χ0v) is 40.5. The highest BCUT2D eigenvalue weighted by atomic mass is 16.5. The number of amides is 7. The largest absolute Gasteiger partial charge is 0.492 e. The van der Waals surface area contributed by atoms with Crippen molar-refractivity contribution in [3.63, 3.8) is 0 Å². The van der Waals surface area contributed by atoms with E-state index in [1.165, 1.54) is 20.0 Å². The van der Waals surface area contributed by atoms with E-state index in [1.54, 1.807) is 38.1 Å². The van der Waals surface area contributed by atoms with Gasteiger partial charge < -0.3 is 63.9 Å². The van der Waals surface area contributed by atoms with E-state index in [1.807, 2.05) is 30.3 Å². The maximum atomic E-state index is 14.9. The number of likely N-dealkylation sites (N-methyl/N-ethyl adjacent to an activating group) is 1. The molecule has 372 valence electrons. The van der Waals surface area contributed by atoms with Gasteiger partial charge in [0.2, 0.25) is 23.6 Å². The molecule has 0 saturated heterocycles. The molecular formula is C49H63N13O8. The van der Waals surface area contributed by atoms with Crippen LogP contribution in [0.4, 0.5) is 10.5 Å². The van der Waals surface area contributed by atoms with Crippen molar-refractivity contribution in [2.75, 3.05) is 51.8 Å². The van der Waals surface area contributed by atoms with Crippen molar-refractivity contribution in [2.24, 2.45) is 22.9 Å². The molecule has 13 N–H and O–H groups in total. The molecule has 0 saturated carbocycles. The van der Waals surface area contributed by atoms with Crippen molar-refractivity contribution in [2.45, 2.75) is 84.0 Å². The Labute approximate surface area is 406 Å². The first kappa shape index (κ1) is 53.3. The number of nitrogens with two attached hydrogens (primary N) is 4. The van der Waals surface area contributed by atoms with Gasteiger partial charge in [-0.3, -0.25) is 24.0 Å². The number of urea groups is 1. The molecule has 0 fully saturated rings. The van der Waals surface area contributed by atoms with Crippen molar-refractivity contribution in [1.82, 2.24) is 36.1 Å². The summed E-state index contributed by atoms with van der Waals surface area (Å²) in [6.45, 7) is 10.8. The van der Waals surface area contributed by atoms with Gasteiger partial charge in [0.05, 0.1) is 28.7 Å². The number of aromatic nitrogens is 2. The van der Waals surface area contributed by atoms with Crippen molar-refractivity contribution >= 4 is 41.3 Å². The second-order valence-corrected chi connectivity index (χ2v) is 17.8. The Kier molecular flexibility index (Phi) is 17.9. The minimum Gasteiger partial charge on any atom is -0.492 e. The van der Waals surface area contributed by atoms with Gasteiger partial charge in [-0.2, -0.15) is 5.26 Å². The first-order chi connectivity index (χ1) is 33.2. The number of fused-ring (bicyclic) bond motifs is 5. The summed E-state index contributed by atoms with van der Waals surface area (Å²) >= 11 is 0. The van der Waals surface area contributed by atoms with Crippen LogP contribution in [0.15, 0.2) is 54.6 Å². The van der Waals surface area contributed by atoms with Crippen LogP contribution in [0.25, 0.3) is 22.5 Å². The zero-order chi connectivity index (χ0) is 51.4. The number of rotatable bonds is 16. The lowest BCUT2D eigenvalue weighted by Gasteiger charge is -2.33. The number of carbonyl (C=O) groups excluding carboxylic acids is 6. The Morgan fingerprint density at radius 2 is 1.56 bits per heavy atom. The predicted molar refractivity (Wildman–Crippen MR) is 262 cm³/mol. The van der Waals surface area contributed by atoms with Crippen LogP contribution in [0.1, 0.15) is 78.6 Å². The number of anilines is 1. The fourth-order valence-corrected chi connectivity index (χ4v) is 7.98. The lowest BCUT2D eigenvalue weighted by Crippen LogP contribution is -2.56. The number of aryl methyl sites for hydroxylation is 2. The van der Waals surface area contributed by atoms with Gasteiger partial charge in [0.1, 0.15) is 49.7 Å². The number of nitrogens with one attached hydrogen (secondary N) is 5. The van der Waals surface area contributed by atoms with Crippen molar-refractivity contribution in [3.8, 4) is 40.1 Å². The van der Waals surface area contributed by atoms with Gasteiger partial charge in [0.15, 0.2) is 11.6 Å². The minimum absolute atomic E-state index is 0.0275. The van der Waals surface area contributed by atoms with Gasteiger partial charge in [0, 0.05) is 43.2 Å². The van der Waals surface area contributed by atoms with Crippen LogP contribution < -0.4 is 59.0 Å². The fraction of sp³-hybridized carbons (Fsp3) is 0.408. The van der Waals surface area contributed by atoms with Gasteiger partial charge in [-0.25, -0.2) is 14.8 Å². The molecule has 4 bridgehead atoms. The SMILES string of the molecule is Cc1nc(-c2ccc(C(C)(C)C)cc2)nc(C)c1C(=O)NC(CCN)C(=O)N(C)[C@@H]1C(=O)N[C@@H](C)C(=O)N[C@H](C(=O)NCC#N)Cc2ccc(OCCN)c(c2)-c2cc1cc(NC(N)=O)c2OCCN. The maximum Gasteiger partial charge on any atom is 0.316 e. The first-order valence-electron chi connectivity index (χ1n) is 22.7. The number of ether oxygens (including phenoxy) is 2. The summed E-state index contributed by atoms with van der Waals surface area (Å²) in [5.41, 5.74) is 27.3. The van der Waals surface area contributed by atoms with Crippen LogP contribution in [0.2, 0.25) is 0 Å². The van der Waals surface area contributed by atoms with Gasteiger partial charge in [-0.05, 0) is 80.1 Å². The average molecular weight is 962 g/mol. The van der Waals surface area contributed by atoms with E-state index in [9.17, 15) is 34.0 Å². The number of benzene rings is 3. The third kappa shape index (κ3) is 12.9. The molecule has 1 aliphatic rings. The van der Waals surface area contributed by atoms with Crippen LogP contribution in [0.5, 0.6) is 11.5 Å². The molecule has 0 radical (unpaired) electrons. The predicted octanol–water partition coefficient (Wildman–Crippen LogP) is 1.72. The molecule has 4 aromatic rings. The summed E-state index contributed by atoms with van der Waals surface area (Å²) in [6, 6.07) is 11.1. The van der Waals surface area contributed by atoms with Gasteiger partial charge >= 0.3 is 6.03 Å². The molecule has 1 aromatic heterocycles. The number of nitrogens with zero attached hydrogens (tertiary/aromatic N) is 4. The molecule has 4 atom stereocenters. The second-order valence-electron chi connectivity index (χ2n) is 17.8. The highest BCUT2D eigenvalue weighted by molar-refractivity contribution is 6.01. The second kappa shape index (κ2) is 23.6. The number of hydrogen-bond acceptors (Lipinski definition) is 14. The summed E-state index contributed by atoms with van der Waals surface area (Å²) in [4.78, 5) is 94.3. The van der Waals surface area contributed by atoms with Crippen molar-refractivity contribution < 1.29 is 38.2 Å². The molecule has 1 unspecified atom stereocenters. The maximum absolute atomic E-state index is 14.9. The summed E-state index contributed by atoms with van der Waals surface area (Å²) in [6.07, 6.45) is -0.164. The van der Waals surface area contributed by atoms with Crippen LogP contribution in [-0.4, -0.2) is 115 Å². The first-order valence-corrected chi connectivity index (χ1v) is 22.7.